The second-order valence-electron chi connectivity index (χ2n) is 6.34. The lowest BCUT2D eigenvalue weighted by Crippen LogP contribution is -2.49. The molecule has 9 heteroatoms. The monoisotopic (exact) mass is 398 g/mol. The predicted octanol–water partition coefficient (Wildman–Crippen LogP) is 2.29. The molecule has 0 radical (unpaired) electrons. The van der Waals surface area contributed by atoms with E-state index in [4.69, 9.17) is 16.3 Å². The third-order valence-corrected chi connectivity index (χ3v) is 4.92. The third kappa shape index (κ3) is 3.63. The van der Waals surface area contributed by atoms with Gasteiger partial charge in [0.05, 0.1) is 12.7 Å². The van der Waals surface area contributed by atoms with Crippen LogP contribution in [0.1, 0.15) is 10.4 Å². The Balaban J connectivity index is 1.42. The summed E-state index contributed by atoms with van der Waals surface area (Å²) in [4.78, 5) is 20.8. The lowest BCUT2D eigenvalue weighted by Gasteiger charge is -2.35. The summed E-state index contributed by atoms with van der Waals surface area (Å²) in [6, 6.07) is 8.90. The van der Waals surface area contributed by atoms with Gasteiger partial charge in [-0.3, -0.25) is 9.36 Å². The minimum absolute atomic E-state index is 0.0828. The number of ether oxygens (including phenoxy) is 1. The van der Waals surface area contributed by atoms with Gasteiger partial charge in [0.2, 0.25) is 0 Å². The first-order chi connectivity index (χ1) is 13.7. The van der Waals surface area contributed by atoms with Gasteiger partial charge in [-0.2, -0.15) is 0 Å². The molecule has 0 unspecified atom stereocenters. The Morgan fingerprint density at radius 2 is 1.82 bits per heavy atom. The Morgan fingerprint density at radius 1 is 1.07 bits per heavy atom. The Labute approximate surface area is 167 Å². The van der Waals surface area contributed by atoms with Crippen molar-refractivity contribution in [3.63, 3.8) is 0 Å². The van der Waals surface area contributed by atoms with E-state index >= 15 is 0 Å². The first-order valence-corrected chi connectivity index (χ1v) is 9.23. The molecule has 0 aliphatic carbocycles. The van der Waals surface area contributed by atoms with Gasteiger partial charge in [-0.1, -0.05) is 11.6 Å². The number of anilines is 1. The number of amides is 1. The van der Waals surface area contributed by atoms with Gasteiger partial charge < -0.3 is 14.5 Å². The van der Waals surface area contributed by atoms with Crippen LogP contribution in [0.15, 0.2) is 49.1 Å². The lowest BCUT2D eigenvalue weighted by atomic mass is 10.1. The van der Waals surface area contributed by atoms with Crippen molar-refractivity contribution in [2.45, 2.75) is 0 Å². The normalized spacial score (nSPS) is 14.2. The quantitative estimate of drug-likeness (QED) is 0.671. The zero-order valence-electron chi connectivity index (χ0n) is 15.3. The van der Waals surface area contributed by atoms with Crippen LogP contribution in [0.4, 0.5) is 5.82 Å². The fourth-order valence-corrected chi connectivity index (χ4v) is 3.35. The fraction of sp³-hybridized carbons (Fsp3) is 0.263. The molecule has 1 fully saturated rings. The van der Waals surface area contributed by atoms with Crippen molar-refractivity contribution in [1.29, 1.82) is 0 Å². The summed E-state index contributed by atoms with van der Waals surface area (Å²) >= 11 is 6.05. The van der Waals surface area contributed by atoms with E-state index in [2.05, 4.69) is 20.1 Å². The average Bonchev–Trinajstić information content (AvgIpc) is 3.28. The highest BCUT2D eigenvalue weighted by atomic mass is 35.5. The van der Waals surface area contributed by atoms with Crippen molar-refractivity contribution in [3.8, 4) is 11.6 Å². The van der Waals surface area contributed by atoms with E-state index in [9.17, 15) is 4.79 Å². The molecule has 144 valence electrons. The van der Waals surface area contributed by atoms with Crippen LogP contribution < -0.4 is 9.64 Å². The zero-order valence-corrected chi connectivity index (χ0v) is 16.1. The molecule has 28 heavy (non-hydrogen) atoms. The number of hydrogen-bond acceptors (Lipinski definition) is 6. The molecule has 1 amide bonds. The molecule has 1 aliphatic heterocycles. The first kappa shape index (κ1) is 18.2. The second-order valence-corrected chi connectivity index (χ2v) is 6.78. The highest BCUT2D eigenvalue weighted by Gasteiger charge is 2.25. The SMILES string of the molecule is COc1ccc(Cl)cc1C(=O)N1CCN(c2ccc(-n3ccnc3)nn2)CC1. The van der Waals surface area contributed by atoms with E-state index in [1.165, 1.54) is 0 Å². The molecule has 2 aromatic heterocycles. The van der Waals surface area contributed by atoms with Gasteiger partial charge in [-0.25, -0.2) is 4.98 Å². The summed E-state index contributed by atoms with van der Waals surface area (Å²) in [5, 5.41) is 9.07. The van der Waals surface area contributed by atoms with Crippen LogP contribution in [0, 0.1) is 0 Å². The summed E-state index contributed by atoms with van der Waals surface area (Å²) in [6.45, 7) is 2.51. The predicted molar refractivity (Wildman–Crippen MR) is 105 cm³/mol. The second kappa shape index (κ2) is 7.85. The van der Waals surface area contributed by atoms with Crippen molar-refractivity contribution < 1.29 is 9.53 Å². The number of halogens is 1. The largest absolute Gasteiger partial charge is 0.496 e. The van der Waals surface area contributed by atoms with Crippen LogP contribution in [0.5, 0.6) is 5.75 Å². The van der Waals surface area contributed by atoms with E-state index < -0.39 is 0 Å². The topological polar surface area (TPSA) is 76.4 Å². The molecule has 4 rings (SSSR count). The van der Waals surface area contributed by atoms with Crippen molar-refractivity contribution in [1.82, 2.24) is 24.6 Å². The fourth-order valence-electron chi connectivity index (χ4n) is 3.18. The molecule has 0 atom stereocenters. The van der Waals surface area contributed by atoms with E-state index in [0.717, 1.165) is 5.82 Å². The molecule has 3 aromatic rings. The number of imidazole rings is 1. The molecule has 8 nitrogen and oxygen atoms in total. The van der Waals surface area contributed by atoms with Gasteiger partial charge in [-0.05, 0) is 30.3 Å². The van der Waals surface area contributed by atoms with Crippen LogP contribution >= 0.6 is 11.6 Å². The molecule has 3 heterocycles. The number of benzene rings is 1. The maximum absolute atomic E-state index is 12.9. The summed E-state index contributed by atoms with van der Waals surface area (Å²) in [5.41, 5.74) is 0.480. The Hall–Kier alpha value is -3.13. The van der Waals surface area contributed by atoms with Crippen LogP contribution in [0.25, 0.3) is 5.82 Å². The number of carbonyl (C=O) groups excluding carboxylic acids is 1. The average molecular weight is 399 g/mol. The van der Waals surface area contributed by atoms with Crippen molar-refractivity contribution in [2.75, 3.05) is 38.2 Å². The van der Waals surface area contributed by atoms with Gasteiger partial charge in [0, 0.05) is 43.6 Å². The standard InChI is InChI=1S/C19H19ClN6O2/c1-28-16-3-2-14(20)12-15(16)19(27)25-10-8-24(9-11-25)17-4-5-18(23-22-17)26-7-6-21-13-26/h2-7,12-13H,8-11H2,1H3. The van der Waals surface area contributed by atoms with Crippen molar-refractivity contribution >= 4 is 23.3 Å². The lowest BCUT2D eigenvalue weighted by molar-refractivity contribution is 0.0743. The number of piperazine rings is 1. The molecule has 0 saturated carbocycles. The van der Waals surface area contributed by atoms with Gasteiger partial charge in [0.25, 0.3) is 5.91 Å². The molecular weight excluding hydrogens is 380 g/mol. The zero-order chi connectivity index (χ0) is 19.5. The summed E-state index contributed by atoms with van der Waals surface area (Å²) in [5.74, 6) is 1.94. The van der Waals surface area contributed by atoms with Crippen molar-refractivity contribution in [3.05, 3.63) is 59.6 Å². The molecule has 0 bridgehead atoms. The molecule has 1 saturated heterocycles. The van der Waals surface area contributed by atoms with Crippen molar-refractivity contribution in [2.24, 2.45) is 0 Å². The maximum Gasteiger partial charge on any atom is 0.257 e. The highest BCUT2D eigenvalue weighted by molar-refractivity contribution is 6.31. The van der Waals surface area contributed by atoms with Crippen LogP contribution in [0.2, 0.25) is 5.02 Å². The molecular formula is C19H19ClN6O2. The van der Waals surface area contributed by atoms with E-state index in [1.54, 1.807) is 47.3 Å². The van der Waals surface area contributed by atoms with Gasteiger partial charge in [-0.15, -0.1) is 10.2 Å². The van der Waals surface area contributed by atoms with Crippen LogP contribution in [-0.4, -0.2) is 63.8 Å². The van der Waals surface area contributed by atoms with Crippen LogP contribution in [0.3, 0.4) is 0 Å². The first-order valence-electron chi connectivity index (χ1n) is 8.85. The summed E-state index contributed by atoms with van der Waals surface area (Å²) < 4.78 is 7.10. The number of methoxy groups -OCH3 is 1. The Morgan fingerprint density at radius 3 is 2.46 bits per heavy atom. The van der Waals surface area contributed by atoms with E-state index in [-0.39, 0.29) is 5.91 Å². The minimum Gasteiger partial charge on any atom is -0.496 e. The van der Waals surface area contributed by atoms with E-state index in [1.807, 2.05) is 18.3 Å². The Kier molecular flexibility index (Phi) is 5.12. The summed E-state index contributed by atoms with van der Waals surface area (Å²) in [6.07, 6.45) is 5.19. The third-order valence-electron chi connectivity index (χ3n) is 4.69. The van der Waals surface area contributed by atoms with E-state index in [0.29, 0.717) is 48.3 Å². The minimum atomic E-state index is -0.0828. The van der Waals surface area contributed by atoms with Gasteiger partial charge >= 0.3 is 0 Å². The Bertz CT molecular complexity index is 953. The summed E-state index contributed by atoms with van der Waals surface area (Å²) in [7, 11) is 1.55. The molecule has 0 spiro atoms. The smallest absolute Gasteiger partial charge is 0.257 e. The molecule has 1 aromatic carbocycles. The number of rotatable bonds is 4. The number of aromatic nitrogens is 4. The van der Waals surface area contributed by atoms with Gasteiger partial charge in [0.15, 0.2) is 11.6 Å². The highest BCUT2D eigenvalue weighted by Crippen LogP contribution is 2.25. The molecule has 0 N–H and O–H groups in total. The number of hydrogen-bond donors (Lipinski definition) is 0. The maximum atomic E-state index is 12.9. The van der Waals surface area contributed by atoms with Gasteiger partial charge in [0.1, 0.15) is 12.1 Å². The molecule has 1 aliphatic rings. The van der Waals surface area contributed by atoms with Crippen LogP contribution in [-0.2, 0) is 0 Å². The number of carbonyl (C=O) groups is 1. The number of nitrogens with zero attached hydrogens (tertiary/aromatic N) is 6.